The van der Waals surface area contributed by atoms with E-state index in [1.165, 1.54) is 0 Å². The molecule has 4 heteroatoms. The predicted octanol–water partition coefficient (Wildman–Crippen LogP) is 1.33. The van der Waals surface area contributed by atoms with E-state index in [1.807, 2.05) is 6.92 Å². The molecule has 1 aromatic heterocycles. The Labute approximate surface area is 63.9 Å². The molecule has 0 radical (unpaired) electrons. The Morgan fingerprint density at radius 1 is 1.82 bits per heavy atom. The van der Waals surface area contributed by atoms with Crippen molar-refractivity contribution >= 4 is 5.97 Å². The second-order valence-corrected chi connectivity index (χ2v) is 2.18. The molecule has 0 aliphatic rings. The Hall–Kier alpha value is -1.32. The molecule has 0 saturated heterocycles. The number of nitrogens with zero attached hydrogens (tertiary/aromatic N) is 1. The van der Waals surface area contributed by atoms with Gasteiger partial charge in [-0.1, -0.05) is 6.92 Å². The standard InChI is InChI=1S/C7H9NO3/c1-2-3-5-6(7(9)10)8-4-11-5/h4H,2-3H2,1H3,(H,9,10). The van der Waals surface area contributed by atoms with Gasteiger partial charge in [-0.05, 0) is 6.42 Å². The van der Waals surface area contributed by atoms with E-state index in [9.17, 15) is 4.79 Å². The normalized spacial score (nSPS) is 9.91. The molecule has 1 rings (SSSR count). The highest BCUT2D eigenvalue weighted by molar-refractivity contribution is 5.86. The van der Waals surface area contributed by atoms with Crippen LogP contribution in [0.25, 0.3) is 0 Å². The van der Waals surface area contributed by atoms with E-state index < -0.39 is 5.97 Å². The minimum Gasteiger partial charge on any atom is -0.476 e. The van der Waals surface area contributed by atoms with Crippen LogP contribution in [-0.4, -0.2) is 16.1 Å². The van der Waals surface area contributed by atoms with Crippen LogP contribution in [0.1, 0.15) is 29.6 Å². The number of carboxylic acids is 1. The zero-order chi connectivity index (χ0) is 8.27. The minimum atomic E-state index is -1.03. The summed E-state index contributed by atoms with van der Waals surface area (Å²) in [6, 6.07) is 0. The summed E-state index contributed by atoms with van der Waals surface area (Å²) in [4.78, 5) is 14.0. The quantitative estimate of drug-likeness (QED) is 0.715. The second-order valence-electron chi connectivity index (χ2n) is 2.18. The molecule has 1 aromatic rings. The smallest absolute Gasteiger partial charge is 0.358 e. The van der Waals surface area contributed by atoms with Gasteiger partial charge in [0.15, 0.2) is 12.1 Å². The molecule has 0 bridgehead atoms. The Morgan fingerprint density at radius 3 is 3.09 bits per heavy atom. The first-order valence-electron chi connectivity index (χ1n) is 3.41. The molecule has 0 spiro atoms. The van der Waals surface area contributed by atoms with Crippen LogP contribution in [0.3, 0.4) is 0 Å². The zero-order valence-electron chi connectivity index (χ0n) is 6.20. The lowest BCUT2D eigenvalue weighted by Gasteiger charge is -1.91. The van der Waals surface area contributed by atoms with Gasteiger partial charge in [0.2, 0.25) is 0 Å². The van der Waals surface area contributed by atoms with Gasteiger partial charge < -0.3 is 9.52 Å². The highest BCUT2D eigenvalue weighted by atomic mass is 16.4. The Bertz CT molecular complexity index is 254. The van der Waals surface area contributed by atoms with Gasteiger partial charge >= 0.3 is 5.97 Å². The van der Waals surface area contributed by atoms with E-state index in [1.54, 1.807) is 0 Å². The molecule has 4 nitrogen and oxygen atoms in total. The first-order chi connectivity index (χ1) is 5.25. The molecule has 1 N–H and O–H groups in total. The summed E-state index contributed by atoms with van der Waals surface area (Å²) in [5.74, 6) is -0.567. The van der Waals surface area contributed by atoms with Gasteiger partial charge in [-0.2, -0.15) is 0 Å². The number of rotatable bonds is 3. The van der Waals surface area contributed by atoms with Crippen LogP contribution in [0.4, 0.5) is 0 Å². The number of hydrogen-bond acceptors (Lipinski definition) is 3. The molecule has 0 aliphatic carbocycles. The van der Waals surface area contributed by atoms with Gasteiger partial charge in [-0.15, -0.1) is 0 Å². The summed E-state index contributed by atoms with van der Waals surface area (Å²) in [5, 5.41) is 8.56. The van der Waals surface area contributed by atoms with Gasteiger partial charge in [0.1, 0.15) is 5.76 Å². The Balaban J connectivity index is 2.87. The highest BCUT2D eigenvalue weighted by Gasteiger charge is 2.13. The van der Waals surface area contributed by atoms with Gasteiger partial charge in [-0.25, -0.2) is 9.78 Å². The minimum absolute atomic E-state index is 0.0341. The third-order valence-corrected chi connectivity index (χ3v) is 1.32. The van der Waals surface area contributed by atoms with Crippen molar-refractivity contribution in [2.24, 2.45) is 0 Å². The molecule has 60 valence electrons. The van der Waals surface area contributed by atoms with Crippen LogP contribution in [0.5, 0.6) is 0 Å². The van der Waals surface area contributed by atoms with Crippen molar-refractivity contribution in [3.8, 4) is 0 Å². The van der Waals surface area contributed by atoms with E-state index in [0.29, 0.717) is 12.2 Å². The van der Waals surface area contributed by atoms with Crippen LogP contribution in [0.15, 0.2) is 10.8 Å². The van der Waals surface area contributed by atoms with Gasteiger partial charge in [-0.3, -0.25) is 0 Å². The molecule has 0 fully saturated rings. The monoisotopic (exact) mass is 155 g/mol. The number of oxazole rings is 1. The maximum absolute atomic E-state index is 10.4. The number of aryl methyl sites for hydroxylation is 1. The third kappa shape index (κ3) is 1.58. The predicted molar refractivity (Wildman–Crippen MR) is 37.5 cm³/mol. The van der Waals surface area contributed by atoms with Crippen LogP contribution >= 0.6 is 0 Å². The maximum atomic E-state index is 10.4. The fourth-order valence-corrected chi connectivity index (χ4v) is 0.849. The van der Waals surface area contributed by atoms with E-state index >= 15 is 0 Å². The first kappa shape index (κ1) is 7.78. The second kappa shape index (κ2) is 3.18. The molecular formula is C7H9NO3. The van der Waals surface area contributed by atoms with Crippen molar-refractivity contribution in [1.29, 1.82) is 0 Å². The van der Waals surface area contributed by atoms with Gasteiger partial charge in [0.05, 0.1) is 0 Å². The molecule has 0 amide bonds. The van der Waals surface area contributed by atoms with Crippen molar-refractivity contribution in [1.82, 2.24) is 4.98 Å². The molecular weight excluding hydrogens is 146 g/mol. The van der Waals surface area contributed by atoms with Crippen molar-refractivity contribution in [2.75, 3.05) is 0 Å². The largest absolute Gasteiger partial charge is 0.476 e. The number of aromatic nitrogens is 1. The van der Waals surface area contributed by atoms with Crippen molar-refractivity contribution in [3.63, 3.8) is 0 Å². The van der Waals surface area contributed by atoms with Crippen LogP contribution in [-0.2, 0) is 6.42 Å². The maximum Gasteiger partial charge on any atom is 0.358 e. The average Bonchev–Trinajstić information content (AvgIpc) is 2.36. The zero-order valence-corrected chi connectivity index (χ0v) is 6.20. The summed E-state index contributed by atoms with van der Waals surface area (Å²) in [6.07, 6.45) is 2.64. The molecule has 0 atom stereocenters. The van der Waals surface area contributed by atoms with Crippen molar-refractivity contribution in [3.05, 3.63) is 17.8 Å². The van der Waals surface area contributed by atoms with Crippen molar-refractivity contribution < 1.29 is 14.3 Å². The van der Waals surface area contributed by atoms with Gasteiger partial charge in [0, 0.05) is 6.42 Å². The number of aromatic carboxylic acids is 1. The topological polar surface area (TPSA) is 63.3 Å². The van der Waals surface area contributed by atoms with Crippen LogP contribution in [0.2, 0.25) is 0 Å². The van der Waals surface area contributed by atoms with Crippen molar-refractivity contribution in [2.45, 2.75) is 19.8 Å². The summed E-state index contributed by atoms with van der Waals surface area (Å²) in [7, 11) is 0. The lowest BCUT2D eigenvalue weighted by atomic mass is 10.2. The Morgan fingerprint density at radius 2 is 2.55 bits per heavy atom. The first-order valence-corrected chi connectivity index (χ1v) is 3.41. The number of carboxylic acid groups (broad SMARTS) is 1. The van der Waals surface area contributed by atoms with E-state index in [-0.39, 0.29) is 5.69 Å². The highest BCUT2D eigenvalue weighted by Crippen LogP contribution is 2.08. The number of carbonyl (C=O) groups is 1. The summed E-state index contributed by atoms with van der Waals surface area (Å²) in [5.41, 5.74) is 0.0341. The fourth-order valence-electron chi connectivity index (χ4n) is 0.849. The van der Waals surface area contributed by atoms with E-state index in [4.69, 9.17) is 9.52 Å². The molecule has 0 aromatic carbocycles. The fraction of sp³-hybridized carbons (Fsp3) is 0.429. The van der Waals surface area contributed by atoms with E-state index in [0.717, 1.165) is 12.8 Å². The summed E-state index contributed by atoms with van der Waals surface area (Å²) < 4.78 is 4.87. The SMILES string of the molecule is CCCc1ocnc1C(=O)O. The third-order valence-electron chi connectivity index (χ3n) is 1.32. The summed E-state index contributed by atoms with van der Waals surface area (Å²) >= 11 is 0. The van der Waals surface area contributed by atoms with Gasteiger partial charge in [0.25, 0.3) is 0 Å². The molecule has 0 unspecified atom stereocenters. The van der Waals surface area contributed by atoms with E-state index in [2.05, 4.69) is 4.98 Å². The lowest BCUT2D eigenvalue weighted by Crippen LogP contribution is -2.00. The molecule has 0 aliphatic heterocycles. The molecule has 0 saturated carbocycles. The number of hydrogen-bond donors (Lipinski definition) is 1. The average molecular weight is 155 g/mol. The van der Waals surface area contributed by atoms with Crippen LogP contribution in [0, 0.1) is 0 Å². The molecule has 11 heavy (non-hydrogen) atoms. The Kier molecular flexibility index (Phi) is 2.25. The summed E-state index contributed by atoms with van der Waals surface area (Å²) in [6.45, 7) is 1.95. The van der Waals surface area contributed by atoms with Crippen LogP contribution < -0.4 is 0 Å². The lowest BCUT2D eigenvalue weighted by molar-refractivity contribution is 0.0689. The molecule has 1 heterocycles.